The molecule has 1 saturated heterocycles. The van der Waals surface area contributed by atoms with Crippen LogP contribution in [-0.2, 0) is 4.79 Å². The van der Waals surface area contributed by atoms with Gasteiger partial charge in [-0.3, -0.25) is 9.59 Å². The summed E-state index contributed by atoms with van der Waals surface area (Å²) in [6.07, 6.45) is 1.90. The van der Waals surface area contributed by atoms with Crippen LogP contribution in [0.3, 0.4) is 0 Å². The molecule has 0 spiro atoms. The van der Waals surface area contributed by atoms with Crippen molar-refractivity contribution in [2.45, 2.75) is 32.6 Å². The molecule has 4 rings (SSSR count). The molecule has 1 aliphatic heterocycles. The fraction of sp³-hybridized carbons (Fsp3) is 0.500. The highest BCUT2D eigenvalue weighted by Gasteiger charge is 2.37. The molecule has 7 nitrogen and oxygen atoms in total. The van der Waals surface area contributed by atoms with E-state index >= 15 is 0 Å². The average molecular weight is 385 g/mol. The number of benzene rings is 1. The third-order valence-corrected chi connectivity index (χ3v) is 5.12. The fourth-order valence-corrected chi connectivity index (χ4v) is 3.63. The molecular formula is C20H24FN5O2. The van der Waals surface area contributed by atoms with Gasteiger partial charge in [0.1, 0.15) is 12.4 Å². The number of aromatic nitrogens is 3. The molecule has 0 atom stereocenters. The van der Waals surface area contributed by atoms with Gasteiger partial charge in [-0.05, 0) is 37.0 Å². The van der Waals surface area contributed by atoms with E-state index in [-0.39, 0.29) is 35.8 Å². The predicted octanol–water partition coefficient (Wildman–Crippen LogP) is 2.22. The van der Waals surface area contributed by atoms with E-state index in [0.29, 0.717) is 36.9 Å². The van der Waals surface area contributed by atoms with Gasteiger partial charge in [-0.15, -0.1) is 5.10 Å². The summed E-state index contributed by atoms with van der Waals surface area (Å²) in [5.41, 5.74) is 1.54. The molecule has 1 aliphatic carbocycles. The van der Waals surface area contributed by atoms with Crippen molar-refractivity contribution < 1.29 is 14.0 Å². The van der Waals surface area contributed by atoms with Gasteiger partial charge in [-0.25, -0.2) is 9.07 Å². The molecule has 2 aromatic rings. The van der Waals surface area contributed by atoms with Crippen LogP contribution in [0.1, 0.15) is 48.8 Å². The Bertz CT molecular complexity index is 906. The van der Waals surface area contributed by atoms with Crippen LogP contribution >= 0.6 is 0 Å². The monoisotopic (exact) mass is 385 g/mol. The largest absolute Gasteiger partial charge is 0.339 e. The molecule has 1 saturated carbocycles. The van der Waals surface area contributed by atoms with Crippen molar-refractivity contribution in [2.75, 3.05) is 26.2 Å². The number of halogens is 1. The second kappa shape index (κ2) is 7.33. The molecule has 2 heterocycles. The van der Waals surface area contributed by atoms with E-state index in [0.717, 1.165) is 12.8 Å². The minimum atomic E-state index is -0.366. The Morgan fingerprint density at radius 1 is 1.29 bits per heavy atom. The Morgan fingerprint density at radius 3 is 2.71 bits per heavy atom. The zero-order chi connectivity index (χ0) is 19.8. The van der Waals surface area contributed by atoms with Crippen LogP contribution in [0.4, 0.5) is 4.39 Å². The Kier molecular flexibility index (Phi) is 4.87. The topological polar surface area (TPSA) is 71.3 Å². The second-order valence-corrected chi connectivity index (χ2v) is 7.95. The molecule has 1 aromatic carbocycles. The van der Waals surface area contributed by atoms with Crippen LogP contribution in [0.25, 0.3) is 5.69 Å². The van der Waals surface area contributed by atoms with E-state index in [1.165, 1.54) is 12.1 Å². The normalized spacial score (nSPS) is 17.5. The molecule has 0 unspecified atom stereocenters. The Hall–Kier alpha value is -2.77. The lowest BCUT2D eigenvalue weighted by Crippen LogP contribution is -2.53. The standard InChI is InChI=1S/C20H24FN5O2/c1-13(2)11-24-8-9-25(12-17(24)27)20(28)18-19(14-6-7-14)26(23-22-18)16-5-3-4-15(21)10-16/h3-5,10,13-14H,6-9,11-12H2,1-2H3. The van der Waals surface area contributed by atoms with E-state index in [9.17, 15) is 14.0 Å². The van der Waals surface area contributed by atoms with Gasteiger partial charge in [-0.2, -0.15) is 0 Å². The van der Waals surface area contributed by atoms with Crippen molar-refractivity contribution in [3.63, 3.8) is 0 Å². The molecule has 148 valence electrons. The Balaban J connectivity index is 1.58. The number of piperazine rings is 1. The number of hydrogen-bond donors (Lipinski definition) is 0. The van der Waals surface area contributed by atoms with Crippen molar-refractivity contribution >= 4 is 11.8 Å². The van der Waals surface area contributed by atoms with Gasteiger partial charge in [0.2, 0.25) is 5.91 Å². The van der Waals surface area contributed by atoms with E-state index in [4.69, 9.17) is 0 Å². The Morgan fingerprint density at radius 2 is 2.07 bits per heavy atom. The first-order valence-corrected chi connectivity index (χ1v) is 9.72. The Labute approximate surface area is 163 Å². The minimum absolute atomic E-state index is 0.0428. The maximum absolute atomic E-state index is 13.6. The number of amides is 2. The smallest absolute Gasteiger partial charge is 0.276 e. The fourth-order valence-electron chi connectivity index (χ4n) is 3.63. The first-order chi connectivity index (χ1) is 13.4. The lowest BCUT2D eigenvalue weighted by molar-refractivity contribution is -0.135. The summed E-state index contributed by atoms with van der Waals surface area (Å²) in [5.74, 6) is -0.107. The molecule has 0 bridgehead atoms. The first kappa shape index (κ1) is 18.6. The van der Waals surface area contributed by atoms with Crippen molar-refractivity contribution in [1.82, 2.24) is 24.8 Å². The second-order valence-electron chi connectivity index (χ2n) is 7.95. The van der Waals surface area contributed by atoms with Gasteiger partial charge in [0.05, 0.1) is 11.4 Å². The summed E-state index contributed by atoms with van der Waals surface area (Å²) in [5, 5.41) is 8.26. The number of nitrogens with zero attached hydrogens (tertiary/aromatic N) is 5. The third-order valence-electron chi connectivity index (χ3n) is 5.12. The van der Waals surface area contributed by atoms with Crippen LogP contribution in [0.5, 0.6) is 0 Å². The SMILES string of the molecule is CC(C)CN1CCN(C(=O)c2nnn(-c3cccc(F)c3)c2C2CC2)CC1=O. The highest BCUT2D eigenvalue weighted by atomic mass is 19.1. The molecule has 2 aliphatic rings. The minimum Gasteiger partial charge on any atom is -0.339 e. The van der Waals surface area contributed by atoms with E-state index in [1.54, 1.807) is 26.6 Å². The van der Waals surface area contributed by atoms with Crippen LogP contribution in [0.2, 0.25) is 0 Å². The number of hydrogen-bond acceptors (Lipinski definition) is 4. The molecule has 0 radical (unpaired) electrons. The molecule has 28 heavy (non-hydrogen) atoms. The van der Waals surface area contributed by atoms with Gasteiger partial charge < -0.3 is 9.80 Å². The number of carbonyl (C=O) groups is 2. The molecule has 0 N–H and O–H groups in total. The molecule has 8 heteroatoms. The predicted molar refractivity (Wildman–Crippen MR) is 101 cm³/mol. The van der Waals surface area contributed by atoms with Crippen LogP contribution < -0.4 is 0 Å². The van der Waals surface area contributed by atoms with Gasteiger partial charge >= 0.3 is 0 Å². The molecule has 2 fully saturated rings. The van der Waals surface area contributed by atoms with Gasteiger partial charge in [0, 0.05) is 25.6 Å². The van der Waals surface area contributed by atoms with E-state index in [1.807, 2.05) is 0 Å². The van der Waals surface area contributed by atoms with Crippen molar-refractivity contribution in [3.05, 3.63) is 41.5 Å². The van der Waals surface area contributed by atoms with Crippen molar-refractivity contribution in [1.29, 1.82) is 0 Å². The quantitative estimate of drug-likeness (QED) is 0.791. The van der Waals surface area contributed by atoms with Gasteiger partial charge in [0.25, 0.3) is 5.91 Å². The number of carbonyl (C=O) groups excluding carboxylic acids is 2. The summed E-state index contributed by atoms with van der Waals surface area (Å²) in [4.78, 5) is 28.9. The third kappa shape index (κ3) is 3.63. The molecule has 2 amide bonds. The maximum Gasteiger partial charge on any atom is 0.276 e. The van der Waals surface area contributed by atoms with Crippen LogP contribution in [0.15, 0.2) is 24.3 Å². The van der Waals surface area contributed by atoms with Crippen LogP contribution in [-0.4, -0.2) is 62.8 Å². The van der Waals surface area contributed by atoms with E-state index < -0.39 is 0 Å². The van der Waals surface area contributed by atoms with Crippen LogP contribution in [0, 0.1) is 11.7 Å². The summed E-state index contributed by atoms with van der Waals surface area (Å²) >= 11 is 0. The van der Waals surface area contributed by atoms with E-state index in [2.05, 4.69) is 24.2 Å². The molecular weight excluding hydrogens is 361 g/mol. The summed E-state index contributed by atoms with van der Waals surface area (Å²) in [6.45, 7) is 5.90. The maximum atomic E-state index is 13.6. The van der Waals surface area contributed by atoms with Crippen molar-refractivity contribution in [3.8, 4) is 5.69 Å². The summed E-state index contributed by atoms with van der Waals surface area (Å²) in [6, 6.07) is 6.10. The number of rotatable bonds is 5. The first-order valence-electron chi connectivity index (χ1n) is 9.72. The van der Waals surface area contributed by atoms with Gasteiger partial charge in [0.15, 0.2) is 5.69 Å². The molecule has 1 aromatic heterocycles. The van der Waals surface area contributed by atoms with Gasteiger partial charge in [-0.1, -0.05) is 25.1 Å². The lowest BCUT2D eigenvalue weighted by Gasteiger charge is -2.35. The highest BCUT2D eigenvalue weighted by Crippen LogP contribution is 2.42. The highest BCUT2D eigenvalue weighted by molar-refractivity contribution is 5.96. The summed E-state index contributed by atoms with van der Waals surface area (Å²) < 4.78 is 15.2. The lowest BCUT2D eigenvalue weighted by atomic mass is 10.1. The zero-order valence-corrected chi connectivity index (χ0v) is 16.1. The summed E-state index contributed by atoms with van der Waals surface area (Å²) in [7, 11) is 0. The van der Waals surface area contributed by atoms with Crippen molar-refractivity contribution in [2.24, 2.45) is 5.92 Å². The zero-order valence-electron chi connectivity index (χ0n) is 16.1. The average Bonchev–Trinajstić information content (AvgIpc) is 3.40.